The van der Waals surface area contributed by atoms with Crippen molar-refractivity contribution in [1.29, 1.82) is 0 Å². The molecule has 0 aliphatic carbocycles. The van der Waals surface area contributed by atoms with E-state index in [1.165, 1.54) is 0 Å². The summed E-state index contributed by atoms with van der Waals surface area (Å²) in [5.74, 6) is 0.757. The Morgan fingerprint density at radius 2 is 1.94 bits per heavy atom. The number of anilines is 3. The van der Waals surface area contributed by atoms with Gasteiger partial charge in [0.25, 0.3) is 0 Å². The molecule has 172 valence electrons. The summed E-state index contributed by atoms with van der Waals surface area (Å²) >= 11 is 8.22. The molecule has 0 amide bonds. The van der Waals surface area contributed by atoms with Crippen molar-refractivity contribution in [3.05, 3.63) is 60.1 Å². The van der Waals surface area contributed by atoms with Gasteiger partial charge in [-0.2, -0.15) is 0 Å². The van der Waals surface area contributed by atoms with Crippen molar-refractivity contribution in [1.82, 2.24) is 15.0 Å². The van der Waals surface area contributed by atoms with E-state index in [1.54, 1.807) is 24.2 Å². The molecule has 33 heavy (non-hydrogen) atoms. The van der Waals surface area contributed by atoms with Crippen LogP contribution in [0.25, 0.3) is 0 Å². The van der Waals surface area contributed by atoms with Crippen LogP contribution in [0.4, 0.5) is 17.3 Å². The van der Waals surface area contributed by atoms with E-state index in [0.29, 0.717) is 5.02 Å². The molecule has 4 heterocycles. The minimum atomic E-state index is 0.0946. The summed E-state index contributed by atoms with van der Waals surface area (Å²) in [5.41, 5.74) is 8.25. The molecule has 3 N–H and O–H groups in total. The lowest BCUT2D eigenvalue weighted by atomic mass is 9.73. The van der Waals surface area contributed by atoms with Gasteiger partial charge in [0.05, 0.1) is 35.3 Å². The van der Waals surface area contributed by atoms with Crippen molar-refractivity contribution in [2.45, 2.75) is 41.7 Å². The maximum atomic E-state index is 6.67. The highest BCUT2D eigenvalue weighted by Gasteiger charge is 2.47. The highest BCUT2D eigenvalue weighted by molar-refractivity contribution is 7.99. The van der Waals surface area contributed by atoms with Gasteiger partial charge in [0.15, 0.2) is 0 Å². The third kappa shape index (κ3) is 4.66. The largest absolute Gasteiger partial charge is 0.376 e. The molecular weight excluding hydrogens is 456 g/mol. The number of pyridine rings is 1. The Labute approximate surface area is 203 Å². The molecule has 0 unspecified atom stereocenters. The number of hydrogen-bond acceptors (Lipinski definition) is 8. The van der Waals surface area contributed by atoms with Gasteiger partial charge in [-0.05, 0) is 44.0 Å². The quantitative estimate of drug-likeness (QED) is 0.538. The van der Waals surface area contributed by atoms with E-state index in [2.05, 4.69) is 32.1 Å². The van der Waals surface area contributed by atoms with Gasteiger partial charge in [-0.1, -0.05) is 29.4 Å². The number of rotatable bonds is 5. The molecule has 0 saturated carbocycles. The molecule has 9 heteroatoms. The molecule has 2 aliphatic heterocycles. The van der Waals surface area contributed by atoms with E-state index in [1.807, 2.05) is 42.7 Å². The fourth-order valence-corrected chi connectivity index (χ4v) is 5.66. The molecule has 7 nitrogen and oxygen atoms in total. The summed E-state index contributed by atoms with van der Waals surface area (Å²) in [6.07, 6.45) is 9.37. The van der Waals surface area contributed by atoms with Crippen molar-refractivity contribution >= 4 is 40.7 Å². The van der Waals surface area contributed by atoms with Gasteiger partial charge < -0.3 is 20.7 Å². The van der Waals surface area contributed by atoms with Gasteiger partial charge in [-0.25, -0.2) is 9.97 Å². The fraction of sp³-hybridized carbons (Fsp3) is 0.375. The molecule has 3 aromatic rings. The number of nitrogens with zero attached hydrogens (tertiary/aromatic N) is 4. The van der Waals surface area contributed by atoms with Crippen molar-refractivity contribution in [3.8, 4) is 0 Å². The van der Waals surface area contributed by atoms with Gasteiger partial charge in [-0.3, -0.25) is 4.98 Å². The zero-order chi connectivity index (χ0) is 22.8. The van der Waals surface area contributed by atoms with Crippen LogP contribution in [0.1, 0.15) is 19.8 Å². The Morgan fingerprint density at radius 1 is 1.15 bits per heavy atom. The predicted octanol–water partition coefficient (Wildman–Crippen LogP) is 4.75. The van der Waals surface area contributed by atoms with Crippen molar-refractivity contribution < 1.29 is 4.74 Å². The molecule has 1 aromatic carbocycles. The topological polar surface area (TPSA) is 89.2 Å². The van der Waals surface area contributed by atoms with Crippen LogP contribution in [-0.4, -0.2) is 46.8 Å². The van der Waals surface area contributed by atoms with E-state index >= 15 is 0 Å². The lowest BCUT2D eigenvalue weighted by Gasteiger charge is -2.41. The Kier molecular flexibility index (Phi) is 6.42. The summed E-state index contributed by atoms with van der Waals surface area (Å²) < 4.78 is 5.83. The lowest BCUT2D eigenvalue weighted by Crippen LogP contribution is -2.50. The maximum absolute atomic E-state index is 6.67. The molecule has 2 aromatic heterocycles. The first-order chi connectivity index (χ1) is 16.0. The zero-order valence-electron chi connectivity index (χ0n) is 18.4. The second-order valence-electron chi connectivity index (χ2n) is 8.70. The number of nitrogens with one attached hydrogen (secondary N) is 1. The van der Waals surface area contributed by atoms with Crippen molar-refractivity contribution in [2.75, 3.05) is 29.9 Å². The first-order valence-electron chi connectivity index (χ1n) is 11.1. The average Bonchev–Trinajstić information content (AvgIpc) is 3.12. The molecule has 0 bridgehead atoms. The highest BCUT2D eigenvalue weighted by atomic mass is 35.5. The van der Waals surface area contributed by atoms with E-state index in [9.17, 15) is 0 Å². The van der Waals surface area contributed by atoms with Crippen LogP contribution in [0.5, 0.6) is 0 Å². The Hall–Kier alpha value is -2.39. The Morgan fingerprint density at radius 3 is 2.61 bits per heavy atom. The Bertz CT molecular complexity index is 1090. The van der Waals surface area contributed by atoms with Crippen molar-refractivity contribution in [3.63, 3.8) is 0 Å². The Balaban J connectivity index is 1.23. The van der Waals surface area contributed by atoms with Crippen LogP contribution in [-0.2, 0) is 4.74 Å². The summed E-state index contributed by atoms with van der Waals surface area (Å²) in [6, 6.07) is 9.85. The third-order valence-electron chi connectivity index (χ3n) is 6.63. The van der Waals surface area contributed by atoms with Gasteiger partial charge in [0, 0.05) is 52.9 Å². The monoisotopic (exact) mass is 482 g/mol. The standard InChI is InChI=1S/C24H27ClN6OS/c1-16-22(26)24(15-32-16)7-10-31(11-8-24)23-28-13-18(14-29-23)33-20-6-2-5-19(21(20)25)30-17-4-3-9-27-12-17/h2-6,9,12-14,16,22,30H,7-8,10-11,15,26H2,1H3/t16-,22+/m0/s1. The van der Waals surface area contributed by atoms with Crippen LogP contribution in [0.15, 0.2) is 64.9 Å². The van der Waals surface area contributed by atoms with E-state index < -0.39 is 0 Å². The number of nitrogens with two attached hydrogens (primary N) is 1. The number of hydrogen-bond donors (Lipinski definition) is 2. The summed E-state index contributed by atoms with van der Waals surface area (Å²) in [4.78, 5) is 17.5. The number of halogens is 1. The zero-order valence-corrected chi connectivity index (χ0v) is 20.0. The van der Waals surface area contributed by atoms with Crippen LogP contribution >= 0.6 is 23.4 Å². The summed E-state index contributed by atoms with van der Waals surface area (Å²) in [6.45, 7) is 4.62. The van der Waals surface area contributed by atoms with Gasteiger partial charge in [-0.15, -0.1) is 0 Å². The molecule has 0 radical (unpaired) electrons. The average molecular weight is 483 g/mol. The second kappa shape index (κ2) is 9.46. The molecule has 2 aliphatic rings. The molecular formula is C24H27ClN6OS. The molecule has 5 rings (SSSR count). The van der Waals surface area contributed by atoms with Crippen LogP contribution in [0.2, 0.25) is 5.02 Å². The number of aromatic nitrogens is 3. The molecule has 2 saturated heterocycles. The lowest BCUT2D eigenvalue weighted by molar-refractivity contribution is 0.0973. The van der Waals surface area contributed by atoms with Crippen LogP contribution < -0.4 is 16.0 Å². The number of ether oxygens (including phenoxy) is 1. The predicted molar refractivity (Wildman–Crippen MR) is 132 cm³/mol. The SMILES string of the molecule is C[C@@H]1OCC2(CCN(c3ncc(Sc4cccc(Nc5cccnc5)c4Cl)cn3)CC2)[C@@H]1N. The second-order valence-corrected chi connectivity index (χ2v) is 10.2. The van der Waals surface area contributed by atoms with E-state index in [0.717, 1.165) is 59.7 Å². The molecule has 2 fully saturated rings. The van der Waals surface area contributed by atoms with Crippen molar-refractivity contribution in [2.24, 2.45) is 11.1 Å². The highest BCUT2D eigenvalue weighted by Crippen LogP contribution is 2.42. The molecule has 1 spiro atoms. The first-order valence-corrected chi connectivity index (χ1v) is 12.3. The van der Waals surface area contributed by atoms with Gasteiger partial charge in [0.2, 0.25) is 5.95 Å². The summed E-state index contributed by atoms with van der Waals surface area (Å²) in [5, 5.41) is 3.97. The van der Waals surface area contributed by atoms with E-state index in [4.69, 9.17) is 22.1 Å². The number of piperidine rings is 1. The third-order valence-corrected chi connectivity index (χ3v) is 8.16. The van der Waals surface area contributed by atoms with Crippen LogP contribution in [0, 0.1) is 5.41 Å². The fourth-order valence-electron chi connectivity index (χ4n) is 4.56. The molecule has 2 atom stereocenters. The normalized spacial score (nSPS) is 22.0. The summed E-state index contributed by atoms with van der Waals surface area (Å²) in [7, 11) is 0. The van der Waals surface area contributed by atoms with Crippen LogP contribution in [0.3, 0.4) is 0 Å². The minimum absolute atomic E-state index is 0.0946. The van der Waals surface area contributed by atoms with E-state index in [-0.39, 0.29) is 17.6 Å². The van der Waals surface area contributed by atoms with Gasteiger partial charge >= 0.3 is 0 Å². The maximum Gasteiger partial charge on any atom is 0.225 e. The first kappa shape index (κ1) is 22.4. The smallest absolute Gasteiger partial charge is 0.225 e. The minimum Gasteiger partial charge on any atom is -0.376 e. The van der Waals surface area contributed by atoms with Gasteiger partial charge in [0.1, 0.15) is 0 Å². The number of benzene rings is 1.